The van der Waals surface area contributed by atoms with Gasteiger partial charge in [-0.3, -0.25) is 9.59 Å². The highest BCUT2D eigenvalue weighted by molar-refractivity contribution is 6.31. The highest BCUT2D eigenvalue weighted by atomic mass is 35.5. The molecule has 1 aliphatic heterocycles. The van der Waals surface area contributed by atoms with E-state index in [4.69, 9.17) is 11.6 Å². The van der Waals surface area contributed by atoms with Gasteiger partial charge in [0.15, 0.2) is 0 Å². The number of hydrogen-bond acceptors (Lipinski definition) is 2. The third-order valence-corrected chi connectivity index (χ3v) is 4.47. The minimum atomic E-state index is -0.165. The van der Waals surface area contributed by atoms with E-state index in [2.05, 4.69) is 0 Å². The summed E-state index contributed by atoms with van der Waals surface area (Å²) < 4.78 is 0. The first-order chi connectivity index (χ1) is 11.5. The molecule has 0 aromatic heterocycles. The lowest BCUT2D eigenvalue weighted by atomic mass is 10.1. The van der Waals surface area contributed by atoms with Crippen molar-refractivity contribution in [2.75, 3.05) is 18.0 Å². The molecule has 0 spiro atoms. The Morgan fingerprint density at radius 3 is 2.62 bits per heavy atom. The number of aryl methyl sites for hydroxylation is 1. The van der Waals surface area contributed by atoms with Crippen LogP contribution in [-0.4, -0.2) is 35.8 Å². The Balaban J connectivity index is 1.80. The van der Waals surface area contributed by atoms with E-state index in [1.165, 1.54) is 0 Å². The number of piperazine rings is 1. The second-order valence-electron chi connectivity index (χ2n) is 6.14. The van der Waals surface area contributed by atoms with Gasteiger partial charge in [-0.05, 0) is 49.7 Å². The number of carbonyl (C=O) groups excluding carboxylic acids is 2. The Bertz CT molecular complexity index is 790. The SMILES string of the molecule is Cc1cccc(N2C[C@@H](C)N(C(=O)c3cccc(Cl)c3)CC2=O)c1. The van der Waals surface area contributed by atoms with Crippen LogP contribution in [0.1, 0.15) is 22.8 Å². The predicted octanol–water partition coefficient (Wildman–Crippen LogP) is 3.53. The lowest BCUT2D eigenvalue weighted by Gasteiger charge is -2.39. The first-order valence-corrected chi connectivity index (χ1v) is 8.27. The average Bonchev–Trinajstić information content (AvgIpc) is 2.56. The van der Waals surface area contributed by atoms with E-state index in [1.807, 2.05) is 38.1 Å². The smallest absolute Gasteiger partial charge is 0.254 e. The summed E-state index contributed by atoms with van der Waals surface area (Å²) in [6.07, 6.45) is 0. The molecule has 3 rings (SSSR count). The van der Waals surface area contributed by atoms with Crippen LogP contribution >= 0.6 is 11.6 Å². The molecule has 1 aliphatic rings. The van der Waals surface area contributed by atoms with Gasteiger partial charge in [-0.15, -0.1) is 0 Å². The van der Waals surface area contributed by atoms with Crippen molar-refractivity contribution in [2.24, 2.45) is 0 Å². The molecule has 0 bridgehead atoms. The van der Waals surface area contributed by atoms with Crippen LogP contribution in [0.3, 0.4) is 0 Å². The summed E-state index contributed by atoms with van der Waals surface area (Å²) in [6, 6.07) is 14.6. The van der Waals surface area contributed by atoms with Crippen molar-refractivity contribution in [2.45, 2.75) is 19.9 Å². The molecule has 1 saturated heterocycles. The molecule has 1 heterocycles. The average molecular weight is 343 g/mol. The molecule has 0 N–H and O–H groups in total. The molecule has 0 saturated carbocycles. The molecule has 0 radical (unpaired) electrons. The maximum atomic E-state index is 12.7. The summed E-state index contributed by atoms with van der Waals surface area (Å²) >= 11 is 5.97. The van der Waals surface area contributed by atoms with Crippen LogP contribution in [-0.2, 0) is 4.79 Å². The molecule has 0 aliphatic carbocycles. The van der Waals surface area contributed by atoms with Gasteiger partial charge in [-0.2, -0.15) is 0 Å². The molecule has 0 unspecified atom stereocenters. The summed E-state index contributed by atoms with van der Waals surface area (Å²) in [4.78, 5) is 28.6. The van der Waals surface area contributed by atoms with Crippen LogP contribution in [0.15, 0.2) is 48.5 Å². The molecular weight excluding hydrogens is 324 g/mol. The number of carbonyl (C=O) groups is 2. The Labute approximate surface area is 146 Å². The van der Waals surface area contributed by atoms with Crippen LogP contribution in [0.25, 0.3) is 0 Å². The van der Waals surface area contributed by atoms with E-state index in [1.54, 1.807) is 34.1 Å². The van der Waals surface area contributed by atoms with Gasteiger partial charge >= 0.3 is 0 Å². The summed E-state index contributed by atoms with van der Waals surface area (Å²) in [7, 11) is 0. The zero-order valence-electron chi connectivity index (χ0n) is 13.7. The molecule has 4 nitrogen and oxygen atoms in total. The van der Waals surface area contributed by atoms with Gasteiger partial charge in [0.25, 0.3) is 5.91 Å². The fraction of sp³-hybridized carbons (Fsp3) is 0.263. The Morgan fingerprint density at radius 1 is 1.17 bits per heavy atom. The van der Waals surface area contributed by atoms with Gasteiger partial charge < -0.3 is 9.80 Å². The van der Waals surface area contributed by atoms with Crippen LogP contribution in [0.4, 0.5) is 5.69 Å². The third kappa shape index (κ3) is 3.29. The largest absolute Gasteiger partial charge is 0.325 e. The quantitative estimate of drug-likeness (QED) is 0.837. The molecule has 1 fully saturated rings. The molecule has 1 atom stereocenters. The molecule has 2 amide bonds. The van der Waals surface area contributed by atoms with Gasteiger partial charge in [0.05, 0.1) is 0 Å². The van der Waals surface area contributed by atoms with E-state index >= 15 is 0 Å². The second kappa shape index (κ2) is 6.65. The van der Waals surface area contributed by atoms with E-state index in [0.29, 0.717) is 17.1 Å². The molecule has 2 aromatic rings. The standard InChI is InChI=1S/C19H19ClN2O2/c1-13-5-3-8-17(9-13)22-11-14(2)21(12-18(22)23)19(24)15-6-4-7-16(20)10-15/h3-10,14H,11-12H2,1-2H3/t14-/m1/s1. The highest BCUT2D eigenvalue weighted by Crippen LogP contribution is 2.23. The van der Waals surface area contributed by atoms with E-state index in [0.717, 1.165) is 11.3 Å². The van der Waals surface area contributed by atoms with E-state index in [9.17, 15) is 9.59 Å². The normalized spacial score (nSPS) is 18.0. The summed E-state index contributed by atoms with van der Waals surface area (Å²) in [6.45, 7) is 4.50. The number of hydrogen-bond donors (Lipinski definition) is 0. The zero-order chi connectivity index (χ0) is 17.3. The summed E-state index contributed by atoms with van der Waals surface area (Å²) in [5.41, 5.74) is 2.48. The molecule has 24 heavy (non-hydrogen) atoms. The Hall–Kier alpha value is -2.33. The van der Waals surface area contributed by atoms with Crippen LogP contribution in [0.2, 0.25) is 5.02 Å². The van der Waals surface area contributed by atoms with E-state index in [-0.39, 0.29) is 24.4 Å². The van der Waals surface area contributed by atoms with E-state index < -0.39 is 0 Å². The van der Waals surface area contributed by atoms with Gasteiger partial charge in [-0.1, -0.05) is 29.8 Å². The van der Waals surface area contributed by atoms with Crippen molar-refractivity contribution in [1.82, 2.24) is 4.90 Å². The predicted molar refractivity (Wildman–Crippen MR) is 95.5 cm³/mol. The van der Waals surface area contributed by atoms with Crippen molar-refractivity contribution in [3.05, 3.63) is 64.7 Å². The minimum Gasteiger partial charge on any atom is -0.325 e. The fourth-order valence-electron chi connectivity index (χ4n) is 2.96. The number of anilines is 1. The van der Waals surface area contributed by atoms with Crippen molar-refractivity contribution in [3.8, 4) is 0 Å². The first-order valence-electron chi connectivity index (χ1n) is 7.89. The topological polar surface area (TPSA) is 40.6 Å². The van der Waals surface area contributed by atoms with Gasteiger partial charge in [0, 0.05) is 28.9 Å². The zero-order valence-corrected chi connectivity index (χ0v) is 14.5. The monoisotopic (exact) mass is 342 g/mol. The molecular formula is C19H19ClN2O2. The summed E-state index contributed by atoms with van der Waals surface area (Å²) in [5, 5.41) is 0.512. The maximum Gasteiger partial charge on any atom is 0.254 e. The number of nitrogens with zero attached hydrogens (tertiary/aromatic N) is 2. The van der Waals surface area contributed by atoms with Crippen molar-refractivity contribution in [1.29, 1.82) is 0 Å². The van der Waals surface area contributed by atoms with Gasteiger partial charge in [0.2, 0.25) is 5.91 Å². The number of halogens is 1. The van der Waals surface area contributed by atoms with Gasteiger partial charge in [0.1, 0.15) is 6.54 Å². The first kappa shape index (κ1) is 16.5. The lowest BCUT2D eigenvalue weighted by Crippen LogP contribution is -2.57. The van der Waals surface area contributed by atoms with Gasteiger partial charge in [-0.25, -0.2) is 0 Å². The second-order valence-corrected chi connectivity index (χ2v) is 6.57. The molecule has 2 aromatic carbocycles. The highest BCUT2D eigenvalue weighted by Gasteiger charge is 2.33. The maximum absolute atomic E-state index is 12.7. The third-order valence-electron chi connectivity index (χ3n) is 4.23. The summed E-state index contributed by atoms with van der Waals surface area (Å²) in [5.74, 6) is -0.240. The van der Waals surface area contributed by atoms with Crippen LogP contribution < -0.4 is 4.90 Å². The molecule has 124 valence electrons. The van der Waals surface area contributed by atoms with Crippen molar-refractivity contribution in [3.63, 3.8) is 0 Å². The fourth-order valence-corrected chi connectivity index (χ4v) is 3.15. The number of benzene rings is 2. The lowest BCUT2D eigenvalue weighted by molar-refractivity contribution is -0.121. The Morgan fingerprint density at radius 2 is 1.92 bits per heavy atom. The number of amides is 2. The van der Waals surface area contributed by atoms with Crippen LogP contribution in [0.5, 0.6) is 0 Å². The minimum absolute atomic E-state index is 0.0699. The van der Waals surface area contributed by atoms with Crippen molar-refractivity contribution < 1.29 is 9.59 Å². The van der Waals surface area contributed by atoms with Crippen molar-refractivity contribution >= 4 is 29.1 Å². The van der Waals surface area contributed by atoms with Crippen LogP contribution in [0, 0.1) is 6.92 Å². The molecule has 5 heteroatoms. The number of rotatable bonds is 2. The Kier molecular flexibility index (Phi) is 4.58.